The maximum Gasteiger partial charge on any atom is 0.0467 e. The summed E-state index contributed by atoms with van der Waals surface area (Å²) < 4.78 is 2.66. The van der Waals surface area contributed by atoms with Crippen molar-refractivity contribution in [2.45, 2.75) is 0 Å². The molecule has 11 aromatic carbocycles. The smallest absolute Gasteiger partial charge is 0.0467 e. The van der Waals surface area contributed by atoms with E-state index in [0.29, 0.717) is 0 Å². The molecule has 0 unspecified atom stereocenters. The van der Waals surface area contributed by atoms with Crippen molar-refractivity contribution >= 4 is 70.1 Å². The predicted molar refractivity (Wildman–Crippen MR) is 276 cm³/mol. The van der Waals surface area contributed by atoms with Gasteiger partial charge in [-0.1, -0.05) is 200 Å². The first-order valence-corrected chi connectivity index (χ1v) is 22.7. The summed E-state index contributed by atoms with van der Waals surface area (Å²) in [6, 6.07) is 90.8. The molecule has 12 aromatic rings. The molecule has 0 aliphatic rings. The van der Waals surface area contributed by atoms with Crippen LogP contribution in [0.1, 0.15) is 0 Å². The van der Waals surface area contributed by atoms with Crippen LogP contribution in [0.2, 0.25) is 0 Å². The number of thiophene rings is 1. The van der Waals surface area contributed by atoms with Gasteiger partial charge < -0.3 is 4.90 Å². The fourth-order valence-corrected chi connectivity index (χ4v) is 10.7. The molecule has 64 heavy (non-hydrogen) atoms. The minimum Gasteiger partial charge on any atom is -0.310 e. The summed E-state index contributed by atoms with van der Waals surface area (Å²) in [5, 5.41) is 7.66. The first-order valence-electron chi connectivity index (χ1n) is 21.9. The molecule has 0 aliphatic heterocycles. The van der Waals surface area contributed by atoms with Crippen molar-refractivity contribution in [3.05, 3.63) is 249 Å². The number of nitrogens with zero attached hydrogens (tertiary/aromatic N) is 1. The molecule has 0 radical (unpaired) electrons. The highest BCUT2D eigenvalue weighted by Crippen LogP contribution is 2.42. The van der Waals surface area contributed by atoms with Gasteiger partial charge in [-0.25, -0.2) is 0 Å². The van der Waals surface area contributed by atoms with Gasteiger partial charge in [0.2, 0.25) is 0 Å². The van der Waals surface area contributed by atoms with Gasteiger partial charge in [-0.05, 0) is 126 Å². The van der Waals surface area contributed by atoms with Crippen molar-refractivity contribution in [3.63, 3.8) is 0 Å². The number of hydrogen-bond donors (Lipinski definition) is 0. The Morgan fingerprint density at radius 1 is 0.250 bits per heavy atom. The van der Waals surface area contributed by atoms with Crippen LogP contribution in [0.3, 0.4) is 0 Å². The molecule has 1 nitrogen and oxygen atoms in total. The van der Waals surface area contributed by atoms with E-state index in [1.165, 1.54) is 97.4 Å². The minimum absolute atomic E-state index is 1.09. The second-order valence-corrected chi connectivity index (χ2v) is 17.5. The van der Waals surface area contributed by atoms with E-state index in [9.17, 15) is 0 Å². The van der Waals surface area contributed by atoms with Crippen molar-refractivity contribution in [1.82, 2.24) is 0 Å². The van der Waals surface area contributed by atoms with Gasteiger partial charge in [0, 0.05) is 37.2 Å². The standard InChI is InChI=1S/C62H41NS/c1-3-20-54-45(12-1)14-9-23-56(54)47-30-28-42(29-31-47)43-32-36-51(37-33-43)63(53-19-8-18-50(41-53)57-24-10-15-46-13-2-4-21-55(46)57)52-38-34-44(35-39-52)48-16-7-17-49(40-48)58-25-11-26-60-59-22-5-6-27-61(59)64-62(58)60/h1-41H. The predicted octanol–water partition coefficient (Wildman–Crippen LogP) is 18.2. The van der Waals surface area contributed by atoms with Gasteiger partial charge >= 0.3 is 0 Å². The molecule has 0 saturated carbocycles. The summed E-state index contributed by atoms with van der Waals surface area (Å²) in [6.45, 7) is 0. The topological polar surface area (TPSA) is 3.24 Å². The lowest BCUT2D eigenvalue weighted by molar-refractivity contribution is 1.28. The van der Waals surface area contributed by atoms with E-state index in [1.54, 1.807) is 0 Å². The van der Waals surface area contributed by atoms with Crippen molar-refractivity contribution in [1.29, 1.82) is 0 Å². The first kappa shape index (κ1) is 37.7. The average molecular weight is 832 g/mol. The lowest BCUT2D eigenvalue weighted by Crippen LogP contribution is -2.10. The quantitative estimate of drug-likeness (QED) is 0.147. The molecule has 0 amide bonds. The largest absolute Gasteiger partial charge is 0.310 e. The summed E-state index contributed by atoms with van der Waals surface area (Å²) in [6.07, 6.45) is 0. The van der Waals surface area contributed by atoms with Crippen LogP contribution in [0.25, 0.3) is 97.4 Å². The van der Waals surface area contributed by atoms with E-state index in [2.05, 4.69) is 254 Å². The minimum atomic E-state index is 1.09. The highest BCUT2D eigenvalue weighted by molar-refractivity contribution is 7.26. The molecule has 1 heterocycles. The van der Waals surface area contributed by atoms with Gasteiger partial charge in [-0.15, -0.1) is 11.3 Å². The van der Waals surface area contributed by atoms with Crippen LogP contribution in [0.15, 0.2) is 249 Å². The summed E-state index contributed by atoms with van der Waals surface area (Å²) in [5.74, 6) is 0. The molecule has 1 aromatic heterocycles. The van der Waals surface area contributed by atoms with Gasteiger partial charge in [0.1, 0.15) is 0 Å². The third-order valence-electron chi connectivity index (χ3n) is 12.7. The van der Waals surface area contributed by atoms with Crippen LogP contribution >= 0.6 is 11.3 Å². The third kappa shape index (κ3) is 6.82. The molecule has 0 saturated heterocycles. The van der Waals surface area contributed by atoms with E-state index < -0.39 is 0 Å². The summed E-state index contributed by atoms with van der Waals surface area (Å²) in [5.41, 5.74) is 15.4. The number of fused-ring (bicyclic) bond motifs is 5. The summed E-state index contributed by atoms with van der Waals surface area (Å²) in [4.78, 5) is 2.38. The summed E-state index contributed by atoms with van der Waals surface area (Å²) in [7, 11) is 0. The van der Waals surface area contributed by atoms with Crippen LogP contribution in [0, 0.1) is 0 Å². The van der Waals surface area contributed by atoms with Crippen LogP contribution in [0.4, 0.5) is 17.1 Å². The Balaban J connectivity index is 0.905. The Bertz CT molecular complexity index is 3640. The van der Waals surface area contributed by atoms with Crippen LogP contribution in [0.5, 0.6) is 0 Å². The SMILES string of the molecule is c1cc(-c2ccc(N(c3ccc(-c4ccc(-c5cccc6ccccc56)cc4)cc3)c3cccc(-c4cccc5ccccc45)c3)cc2)cc(-c2cccc3c2sc2ccccc23)c1. The number of rotatable bonds is 8. The Labute approximate surface area is 377 Å². The molecule has 0 spiro atoms. The van der Waals surface area contributed by atoms with E-state index >= 15 is 0 Å². The zero-order valence-corrected chi connectivity index (χ0v) is 35.8. The Morgan fingerprint density at radius 3 is 1.36 bits per heavy atom. The molecule has 2 heteroatoms. The van der Waals surface area contributed by atoms with Gasteiger partial charge in [-0.2, -0.15) is 0 Å². The highest BCUT2D eigenvalue weighted by atomic mass is 32.1. The van der Waals surface area contributed by atoms with Crippen LogP contribution < -0.4 is 4.90 Å². The van der Waals surface area contributed by atoms with Crippen molar-refractivity contribution in [2.24, 2.45) is 0 Å². The Kier molecular flexibility index (Phi) is 9.43. The van der Waals surface area contributed by atoms with E-state index in [-0.39, 0.29) is 0 Å². The van der Waals surface area contributed by atoms with Gasteiger partial charge in [0.15, 0.2) is 0 Å². The van der Waals surface area contributed by atoms with Crippen molar-refractivity contribution in [3.8, 4) is 55.6 Å². The van der Waals surface area contributed by atoms with Crippen molar-refractivity contribution in [2.75, 3.05) is 4.90 Å². The molecule has 0 atom stereocenters. The van der Waals surface area contributed by atoms with E-state index in [0.717, 1.165) is 17.1 Å². The monoisotopic (exact) mass is 831 g/mol. The Hall–Kier alpha value is -8.04. The maximum absolute atomic E-state index is 2.38. The van der Waals surface area contributed by atoms with E-state index in [1.807, 2.05) is 11.3 Å². The van der Waals surface area contributed by atoms with Gasteiger partial charge in [0.25, 0.3) is 0 Å². The Morgan fingerprint density at radius 2 is 0.688 bits per heavy atom. The van der Waals surface area contributed by atoms with Crippen molar-refractivity contribution < 1.29 is 0 Å². The molecule has 12 rings (SSSR count). The highest BCUT2D eigenvalue weighted by Gasteiger charge is 2.16. The third-order valence-corrected chi connectivity index (χ3v) is 13.9. The van der Waals surface area contributed by atoms with Crippen LogP contribution in [-0.4, -0.2) is 0 Å². The lowest BCUT2D eigenvalue weighted by Gasteiger charge is -2.26. The van der Waals surface area contributed by atoms with E-state index in [4.69, 9.17) is 0 Å². The average Bonchev–Trinajstić information content (AvgIpc) is 3.76. The molecule has 0 bridgehead atoms. The number of hydrogen-bond acceptors (Lipinski definition) is 2. The van der Waals surface area contributed by atoms with Gasteiger partial charge in [0.05, 0.1) is 0 Å². The maximum atomic E-state index is 2.38. The molecular formula is C62H41NS. The normalized spacial score (nSPS) is 11.4. The number of anilines is 3. The molecule has 0 aliphatic carbocycles. The molecule has 0 fully saturated rings. The molecule has 300 valence electrons. The molecular weight excluding hydrogens is 791 g/mol. The fourth-order valence-electron chi connectivity index (χ4n) is 9.50. The fraction of sp³-hybridized carbons (Fsp3) is 0. The first-order chi connectivity index (χ1) is 31.7. The van der Waals surface area contributed by atoms with Crippen LogP contribution in [-0.2, 0) is 0 Å². The summed E-state index contributed by atoms with van der Waals surface area (Å²) >= 11 is 1.88. The lowest BCUT2D eigenvalue weighted by atomic mass is 9.96. The zero-order valence-electron chi connectivity index (χ0n) is 35.0. The number of benzene rings is 11. The van der Waals surface area contributed by atoms with Gasteiger partial charge in [-0.3, -0.25) is 0 Å². The second kappa shape index (κ2) is 16.0. The zero-order chi connectivity index (χ0) is 42.4. The molecule has 0 N–H and O–H groups in total. The second-order valence-electron chi connectivity index (χ2n) is 16.5.